The summed E-state index contributed by atoms with van der Waals surface area (Å²) in [7, 11) is 0. The van der Waals surface area contributed by atoms with Gasteiger partial charge in [-0.2, -0.15) is 0 Å². The van der Waals surface area contributed by atoms with Gasteiger partial charge in [-0.1, -0.05) is 12.1 Å². The fourth-order valence-electron chi connectivity index (χ4n) is 1.35. The van der Waals surface area contributed by atoms with Crippen molar-refractivity contribution in [1.29, 1.82) is 0 Å². The summed E-state index contributed by atoms with van der Waals surface area (Å²) in [6, 6.07) is 0. The molecule has 0 aliphatic rings. The van der Waals surface area contributed by atoms with Gasteiger partial charge in [0.2, 0.25) is 5.91 Å². The highest BCUT2D eigenvalue weighted by Gasteiger charge is 2.20. The minimum atomic E-state index is -1.15. The molecule has 7 nitrogen and oxygen atoms in total. The van der Waals surface area contributed by atoms with Gasteiger partial charge in [-0.25, -0.2) is 9.48 Å². The second-order valence-corrected chi connectivity index (χ2v) is 4.77. The van der Waals surface area contributed by atoms with Crippen molar-refractivity contribution in [2.24, 2.45) is 0 Å². The predicted octanol–water partition coefficient (Wildman–Crippen LogP) is 0.590. The van der Waals surface area contributed by atoms with E-state index in [0.717, 1.165) is 6.42 Å². The standard InChI is InChI=1S/C11H18N4O3/c1-5-11(3,4)12-8(16)6-15-7(2)9(10(17)18)13-14-15/h5-6H2,1-4H3,(H,12,16)(H,17,18). The van der Waals surface area contributed by atoms with Crippen molar-refractivity contribution in [2.45, 2.75) is 46.2 Å². The third-order valence-electron chi connectivity index (χ3n) is 2.84. The maximum atomic E-state index is 11.8. The first-order valence-corrected chi connectivity index (χ1v) is 5.71. The number of nitrogens with one attached hydrogen (secondary N) is 1. The fourth-order valence-corrected chi connectivity index (χ4v) is 1.35. The van der Waals surface area contributed by atoms with E-state index >= 15 is 0 Å². The molecule has 0 saturated carbocycles. The van der Waals surface area contributed by atoms with E-state index in [1.807, 2.05) is 20.8 Å². The first-order valence-electron chi connectivity index (χ1n) is 5.71. The van der Waals surface area contributed by atoms with Crippen molar-refractivity contribution >= 4 is 11.9 Å². The number of amides is 1. The molecule has 1 aromatic heterocycles. The molecule has 1 rings (SSSR count). The zero-order valence-corrected chi connectivity index (χ0v) is 11.0. The van der Waals surface area contributed by atoms with Crippen LogP contribution < -0.4 is 5.32 Å². The van der Waals surface area contributed by atoms with Gasteiger partial charge in [0.15, 0.2) is 5.69 Å². The number of aromatic nitrogens is 3. The van der Waals surface area contributed by atoms with Crippen LogP contribution in [0.15, 0.2) is 0 Å². The van der Waals surface area contributed by atoms with Crippen LogP contribution in [0, 0.1) is 6.92 Å². The number of carbonyl (C=O) groups is 2. The van der Waals surface area contributed by atoms with Crippen LogP contribution >= 0.6 is 0 Å². The number of carbonyl (C=O) groups excluding carboxylic acids is 1. The molecule has 0 saturated heterocycles. The Bertz CT molecular complexity index is 465. The minimum Gasteiger partial charge on any atom is -0.476 e. The third kappa shape index (κ3) is 3.28. The van der Waals surface area contributed by atoms with E-state index in [1.54, 1.807) is 6.92 Å². The molecule has 0 fully saturated rings. The molecule has 100 valence electrons. The second-order valence-electron chi connectivity index (χ2n) is 4.77. The highest BCUT2D eigenvalue weighted by atomic mass is 16.4. The Labute approximate surface area is 105 Å². The molecule has 0 bridgehead atoms. The van der Waals surface area contributed by atoms with Crippen LogP contribution in [-0.2, 0) is 11.3 Å². The molecular weight excluding hydrogens is 236 g/mol. The van der Waals surface area contributed by atoms with Crippen LogP contribution in [0.4, 0.5) is 0 Å². The Morgan fingerprint density at radius 1 is 1.44 bits per heavy atom. The Kier molecular flexibility index (Phi) is 4.05. The molecule has 1 heterocycles. The minimum absolute atomic E-state index is 0.0322. The SMILES string of the molecule is CCC(C)(C)NC(=O)Cn1nnc(C(=O)O)c1C. The Morgan fingerprint density at radius 2 is 2.06 bits per heavy atom. The van der Waals surface area contributed by atoms with Gasteiger partial charge in [0.1, 0.15) is 6.54 Å². The summed E-state index contributed by atoms with van der Waals surface area (Å²) in [6.45, 7) is 7.35. The summed E-state index contributed by atoms with van der Waals surface area (Å²) in [6.07, 6.45) is 0.801. The lowest BCUT2D eigenvalue weighted by molar-refractivity contribution is -0.123. The molecular formula is C11H18N4O3. The zero-order chi connectivity index (χ0) is 13.9. The van der Waals surface area contributed by atoms with E-state index in [1.165, 1.54) is 4.68 Å². The van der Waals surface area contributed by atoms with Crippen LogP contribution in [0.3, 0.4) is 0 Å². The smallest absolute Gasteiger partial charge is 0.358 e. The van der Waals surface area contributed by atoms with Gasteiger partial charge in [-0.15, -0.1) is 5.10 Å². The number of hydrogen-bond donors (Lipinski definition) is 2. The molecule has 0 aliphatic heterocycles. The first kappa shape index (κ1) is 14.1. The summed E-state index contributed by atoms with van der Waals surface area (Å²) in [5, 5.41) is 18.8. The number of hydrogen-bond acceptors (Lipinski definition) is 4. The summed E-state index contributed by atoms with van der Waals surface area (Å²) < 4.78 is 1.28. The molecule has 1 aromatic rings. The maximum Gasteiger partial charge on any atom is 0.358 e. The number of rotatable bonds is 5. The summed E-state index contributed by atoms with van der Waals surface area (Å²) in [5.74, 6) is -1.36. The molecule has 0 aromatic carbocycles. The summed E-state index contributed by atoms with van der Waals surface area (Å²) in [5.41, 5.74) is -0.0502. The van der Waals surface area contributed by atoms with Gasteiger partial charge in [-0.05, 0) is 27.2 Å². The van der Waals surface area contributed by atoms with Crippen molar-refractivity contribution in [2.75, 3.05) is 0 Å². The lowest BCUT2D eigenvalue weighted by Crippen LogP contribution is -2.44. The number of nitrogens with zero attached hydrogens (tertiary/aromatic N) is 3. The molecule has 0 radical (unpaired) electrons. The summed E-state index contributed by atoms with van der Waals surface area (Å²) in [4.78, 5) is 22.6. The van der Waals surface area contributed by atoms with Gasteiger partial charge >= 0.3 is 5.97 Å². The molecule has 2 N–H and O–H groups in total. The average Bonchev–Trinajstić information content (AvgIpc) is 2.59. The third-order valence-corrected chi connectivity index (χ3v) is 2.84. The van der Waals surface area contributed by atoms with E-state index in [0.29, 0.717) is 5.69 Å². The lowest BCUT2D eigenvalue weighted by atomic mass is 10.0. The highest BCUT2D eigenvalue weighted by Crippen LogP contribution is 2.07. The van der Waals surface area contributed by atoms with Crippen LogP contribution in [0.2, 0.25) is 0 Å². The molecule has 18 heavy (non-hydrogen) atoms. The molecule has 0 atom stereocenters. The van der Waals surface area contributed by atoms with Crippen molar-refractivity contribution in [3.05, 3.63) is 11.4 Å². The average molecular weight is 254 g/mol. The Morgan fingerprint density at radius 3 is 2.50 bits per heavy atom. The van der Waals surface area contributed by atoms with Gasteiger partial charge in [0.25, 0.3) is 0 Å². The van der Waals surface area contributed by atoms with E-state index in [9.17, 15) is 9.59 Å². The van der Waals surface area contributed by atoms with Crippen molar-refractivity contribution in [3.63, 3.8) is 0 Å². The Balaban J connectivity index is 2.74. The first-order chi connectivity index (χ1) is 8.26. The number of aromatic carboxylic acids is 1. The van der Waals surface area contributed by atoms with Crippen LogP contribution in [0.5, 0.6) is 0 Å². The molecule has 7 heteroatoms. The van der Waals surface area contributed by atoms with E-state index < -0.39 is 5.97 Å². The monoisotopic (exact) mass is 254 g/mol. The van der Waals surface area contributed by atoms with E-state index in [2.05, 4.69) is 15.6 Å². The number of carboxylic acid groups (broad SMARTS) is 1. The van der Waals surface area contributed by atoms with Gasteiger partial charge in [0.05, 0.1) is 5.69 Å². The van der Waals surface area contributed by atoms with Crippen molar-refractivity contribution in [1.82, 2.24) is 20.3 Å². The van der Waals surface area contributed by atoms with Crippen LogP contribution in [-0.4, -0.2) is 37.5 Å². The summed E-state index contributed by atoms with van der Waals surface area (Å²) >= 11 is 0. The second kappa shape index (κ2) is 5.16. The lowest BCUT2D eigenvalue weighted by Gasteiger charge is -2.24. The van der Waals surface area contributed by atoms with Crippen LogP contribution in [0.1, 0.15) is 43.4 Å². The maximum absolute atomic E-state index is 11.8. The van der Waals surface area contributed by atoms with Gasteiger partial charge < -0.3 is 10.4 Å². The van der Waals surface area contributed by atoms with E-state index in [-0.39, 0.29) is 23.7 Å². The normalized spacial score (nSPS) is 11.3. The number of carboxylic acids is 1. The fraction of sp³-hybridized carbons (Fsp3) is 0.636. The van der Waals surface area contributed by atoms with Gasteiger partial charge in [-0.3, -0.25) is 4.79 Å². The zero-order valence-electron chi connectivity index (χ0n) is 11.0. The molecule has 0 spiro atoms. The van der Waals surface area contributed by atoms with Crippen LogP contribution in [0.25, 0.3) is 0 Å². The largest absolute Gasteiger partial charge is 0.476 e. The molecule has 0 aliphatic carbocycles. The van der Waals surface area contributed by atoms with Crippen molar-refractivity contribution < 1.29 is 14.7 Å². The van der Waals surface area contributed by atoms with Crippen molar-refractivity contribution in [3.8, 4) is 0 Å². The Hall–Kier alpha value is -1.92. The topological polar surface area (TPSA) is 97.1 Å². The molecule has 0 unspecified atom stereocenters. The molecule has 1 amide bonds. The van der Waals surface area contributed by atoms with E-state index in [4.69, 9.17) is 5.11 Å². The predicted molar refractivity (Wildman–Crippen MR) is 64.2 cm³/mol. The quantitative estimate of drug-likeness (QED) is 0.801. The highest BCUT2D eigenvalue weighted by molar-refractivity contribution is 5.86. The van der Waals surface area contributed by atoms with Gasteiger partial charge in [0, 0.05) is 5.54 Å².